The van der Waals surface area contributed by atoms with Crippen LogP contribution in [-0.4, -0.2) is 38.2 Å². The maximum Gasteiger partial charge on any atom is 0.244 e. The van der Waals surface area contributed by atoms with E-state index >= 15 is 0 Å². The summed E-state index contributed by atoms with van der Waals surface area (Å²) < 4.78 is 10.6. The van der Waals surface area contributed by atoms with Crippen molar-refractivity contribution < 1.29 is 14.3 Å². The molecule has 1 atom stereocenters. The minimum absolute atomic E-state index is 0.121. The van der Waals surface area contributed by atoms with Gasteiger partial charge in [-0.05, 0) is 55.4 Å². The standard InChI is InChI=1S/C22H26N2O3/c1-4-16-5-9-18(10-6-16)19(24(2)3)14-23-22(25)12-8-17-7-11-20-21(13-17)27-15-26-20/h5-13,19H,4,14-15H2,1-3H3,(H,23,25)/b12-8+/t19-/m0/s1. The molecule has 0 bridgehead atoms. The van der Waals surface area contributed by atoms with Crippen LogP contribution in [0.5, 0.6) is 11.5 Å². The van der Waals surface area contributed by atoms with Crippen LogP contribution < -0.4 is 14.8 Å². The predicted molar refractivity (Wildman–Crippen MR) is 107 cm³/mol. The van der Waals surface area contributed by atoms with Gasteiger partial charge in [0.1, 0.15) is 0 Å². The Balaban J connectivity index is 1.58. The van der Waals surface area contributed by atoms with Crippen LogP contribution in [0.3, 0.4) is 0 Å². The highest BCUT2D eigenvalue weighted by molar-refractivity contribution is 5.91. The van der Waals surface area contributed by atoms with Crippen molar-refractivity contribution in [1.82, 2.24) is 10.2 Å². The van der Waals surface area contributed by atoms with E-state index in [0.29, 0.717) is 12.3 Å². The SMILES string of the molecule is CCc1ccc([C@H](CNC(=O)/C=C/c2ccc3c(c2)OCO3)N(C)C)cc1. The second-order valence-corrected chi connectivity index (χ2v) is 6.77. The summed E-state index contributed by atoms with van der Waals surface area (Å²) in [6.45, 7) is 2.93. The van der Waals surface area contributed by atoms with Gasteiger partial charge in [0.2, 0.25) is 12.7 Å². The molecule has 0 unspecified atom stereocenters. The maximum absolute atomic E-state index is 12.2. The number of carbonyl (C=O) groups is 1. The number of fused-ring (bicyclic) bond motifs is 1. The van der Waals surface area contributed by atoms with E-state index in [0.717, 1.165) is 17.7 Å². The lowest BCUT2D eigenvalue weighted by atomic mass is 10.0. The van der Waals surface area contributed by atoms with E-state index in [4.69, 9.17) is 9.47 Å². The molecule has 2 aromatic carbocycles. The van der Waals surface area contributed by atoms with E-state index < -0.39 is 0 Å². The van der Waals surface area contributed by atoms with Crippen LogP contribution in [0.15, 0.2) is 48.5 Å². The Hall–Kier alpha value is -2.79. The van der Waals surface area contributed by atoms with Crippen LogP contribution in [-0.2, 0) is 11.2 Å². The molecule has 142 valence electrons. The summed E-state index contributed by atoms with van der Waals surface area (Å²) in [4.78, 5) is 14.4. The van der Waals surface area contributed by atoms with Crippen molar-refractivity contribution >= 4 is 12.0 Å². The summed E-state index contributed by atoms with van der Waals surface area (Å²) in [6, 6.07) is 14.3. The number of rotatable bonds is 7. The number of likely N-dealkylation sites (N-methyl/N-ethyl adjacent to an activating group) is 1. The van der Waals surface area contributed by atoms with Gasteiger partial charge in [0.25, 0.3) is 0 Å². The first-order valence-electron chi connectivity index (χ1n) is 9.17. The molecule has 0 aliphatic carbocycles. The molecule has 2 aromatic rings. The highest BCUT2D eigenvalue weighted by Crippen LogP contribution is 2.32. The molecule has 1 amide bonds. The van der Waals surface area contributed by atoms with Crippen LogP contribution in [0.4, 0.5) is 0 Å². The van der Waals surface area contributed by atoms with Crippen LogP contribution in [0.2, 0.25) is 0 Å². The molecule has 1 heterocycles. The van der Waals surface area contributed by atoms with E-state index in [1.54, 1.807) is 12.2 Å². The lowest BCUT2D eigenvalue weighted by Crippen LogP contribution is -2.33. The van der Waals surface area contributed by atoms with E-state index in [-0.39, 0.29) is 18.7 Å². The quantitative estimate of drug-likeness (QED) is 0.763. The molecule has 5 heteroatoms. The number of hydrogen-bond acceptors (Lipinski definition) is 4. The predicted octanol–water partition coefficient (Wildman–Crippen LogP) is 3.41. The summed E-state index contributed by atoms with van der Waals surface area (Å²) in [7, 11) is 4.04. The van der Waals surface area contributed by atoms with Gasteiger partial charge in [-0.15, -0.1) is 0 Å². The first kappa shape index (κ1) is 19.0. The summed E-state index contributed by atoms with van der Waals surface area (Å²) in [5.41, 5.74) is 3.40. The summed E-state index contributed by atoms with van der Waals surface area (Å²) in [5, 5.41) is 2.99. The number of ether oxygens (including phenoxy) is 2. The molecule has 27 heavy (non-hydrogen) atoms. The molecule has 1 aliphatic rings. The molecule has 0 spiro atoms. The molecule has 3 rings (SSSR count). The van der Waals surface area contributed by atoms with Crippen LogP contribution in [0.25, 0.3) is 6.08 Å². The second kappa shape index (κ2) is 8.73. The van der Waals surface area contributed by atoms with Crippen molar-refractivity contribution in [2.45, 2.75) is 19.4 Å². The smallest absolute Gasteiger partial charge is 0.244 e. The van der Waals surface area contributed by atoms with Gasteiger partial charge in [0, 0.05) is 12.6 Å². The average molecular weight is 366 g/mol. The minimum Gasteiger partial charge on any atom is -0.454 e. The highest BCUT2D eigenvalue weighted by atomic mass is 16.7. The summed E-state index contributed by atoms with van der Waals surface area (Å²) in [6.07, 6.45) is 4.34. The molecule has 1 N–H and O–H groups in total. The van der Waals surface area contributed by atoms with Gasteiger partial charge in [-0.1, -0.05) is 37.3 Å². The number of carbonyl (C=O) groups excluding carboxylic acids is 1. The van der Waals surface area contributed by atoms with E-state index in [1.165, 1.54) is 11.1 Å². The Bertz CT molecular complexity index is 813. The lowest BCUT2D eigenvalue weighted by molar-refractivity contribution is -0.116. The van der Waals surface area contributed by atoms with Crippen molar-refractivity contribution in [1.29, 1.82) is 0 Å². The molecule has 0 radical (unpaired) electrons. The number of benzene rings is 2. The number of hydrogen-bond donors (Lipinski definition) is 1. The zero-order chi connectivity index (χ0) is 19.2. The van der Waals surface area contributed by atoms with Gasteiger partial charge >= 0.3 is 0 Å². The third-order valence-electron chi connectivity index (χ3n) is 4.69. The van der Waals surface area contributed by atoms with Gasteiger partial charge in [-0.2, -0.15) is 0 Å². The first-order valence-corrected chi connectivity index (χ1v) is 9.17. The van der Waals surface area contributed by atoms with Gasteiger partial charge in [0.05, 0.1) is 6.04 Å². The number of nitrogens with zero attached hydrogens (tertiary/aromatic N) is 1. The number of nitrogens with one attached hydrogen (secondary N) is 1. The Morgan fingerprint density at radius 1 is 1.15 bits per heavy atom. The average Bonchev–Trinajstić information content (AvgIpc) is 3.14. The van der Waals surface area contributed by atoms with E-state index in [1.807, 2.05) is 32.3 Å². The van der Waals surface area contributed by atoms with Crippen molar-refractivity contribution in [3.05, 3.63) is 65.2 Å². The van der Waals surface area contributed by atoms with Crippen LogP contribution in [0.1, 0.15) is 29.7 Å². The minimum atomic E-state index is -0.121. The van der Waals surface area contributed by atoms with Crippen LogP contribution in [0, 0.1) is 0 Å². The molecular formula is C22H26N2O3. The highest BCUT2D eigenvalue weighted by Gasteiger charge is 2.15. The first-order chi connectivity index (χ1) is 13.1. The second-order valence-electron chi connectivity index (χ2n) is 6.77. The topological polar surface area (TPSA) is 50.8 Å². The van der Waals surface area contributed by atoms with Gasteiger partial charge < -0.3 is 19.7 Å². The van der Waals surface area contributed by atoms with Crippen LogP contribution >= 0.6 is 0 Å². The molecule has 5 nitrogen and oxygen atoms in total. The normalized spacial score (nSPS) is 13.9. The third-order valence-corrected chi connectivity index (χ3v) is 4.69. The van der Waals surface area contributed by atoms with Gasteiger partial charge in [0.15, 0.2) is 11.5 Å². The van der Waals surface area contributed by atoms with Gasteiger partial charge in [-0.25, -0.2) is 0 Å². The fraction of sp³-hybridized carbons (Fsp3) is 0.318. The molecule has 0 saturated carbocycles. The monoisotopic (exact) mass is 366 g/mol. The lowest BCUT2D eigenvalue weighted by Gasteiger charge is -2.25. The largest absolute Gasteiger partial charge is 0.454 e. The fourth-order valence-electron chi connectivity index (χ4n) is 3.02. The zero-order valence-corrected chi connectivity index (χ0v) is 16.1. The van der Waals surface area contributed by atoms with Crippen molar-refractivity contribution in [2.24, 2.45) is 0 Å². The molecular weight excluding hydrogens is 340 g/mol. The summed E-state index contributed by atoms with van der Waals surface area (Å²) in [5.74, 6) is 1.32. The maximum atomic E-state index is 12.2. The third kappa shape index (κ3) is 4.89. The van der Waals surface area contributed by atoms with Crippen molar-refractivity contribution in [3.63, 3.8) is 0 Å². The molecule has 0 saturated heterocycles. The summed E-state index contributed by atoms with van der Waals surface area (Å²) >= 11 is 0. The molecule has 1 aliphatic heterocycles. The fourth-order valence-corrected chi connectivity index (χ4v) is 3.02. The Morgan fingerprint density at radius 2 is 1.89 bits per heavy atom. The van der Waals surface area contributed by atoms with E-state index in [9.17, 15) is 4.79 Å². The number of aryl methyl sites for hydroxylation is 1. The molecule has 0 fully saturated rings. The van der Waals surface area contributed by atoms with E-state index in [2.05, 4.69) is 41.4 Å². The molecule has 0 aromatic heterocycles. The Kier molecular flexibility index (Phi) is 6.14. The van der Waals surface area contributed by atoms with Crippen molar-refractivity contribution in [2.75, 3.05) is 27.4 Å². The van der Waals surface area contributed by atoms with Crippen molar-refractivity contribution in [3.8, 4) is 11.5 Å². The van der Waals surface area contributed by atoms with Gasteiger partial charge in [-0.3, -0.25) is 4.79 Å². The zero-order valence-electron chi connectivity index (χ0n) is 16.1. The Morgan fingerprint density at radius 3 is 2.59 bits per heavy atom. The number of amides is 1. The Labute approximate surface area is 160 Å².